The van der Waals surface area contributed by atoms with Crippen LogP contribution in [0.5, 0.6) is 5.75 Å². The van der Waals surface area contributed by atoms with Crippen LogP contribution >= 0.6 is 11.6 Å². The fraction of sp³-hybridized carbons (Fsp3) is 0.0714. The fourth-order valence-electron chi connectivity index (χ4n) is 1.59. The van der Waals surface area contributed by atoms with Gasteiger partial charge in [0, 0.05) is 11.1 Å². The number of hydrogen-bond acceptors (Lipinski definition) is 3. The van der Waals surface area contributed by atoms with Gasteiger partial charge in [-0.15, -0.1) is 0 Å². The Labute approximate surface area is 115 Å². The summed E-state index contributed by atoms with van der Waals surface area (Å²) >= 11 is 5.83. The van der Waals surface area contributed by atoms with Crippen molar-refractivity contribution in [3.8, 4) is 11.8 Å². The average Bonchev–Trinajstić information content (AvgIpc) is 2.39. The largest absolute Gasteiger partial charge is 0.487 e. The standard InChI is InChI=1S/C14H10ClFN2O/c15-11-1-2-13(18)14(6-11)19-8-10-3-9(7-17)4-12(16)5-10/h1-6H,8,18H2. The van der Waals surface area contributed by atoms with Crippen LogP contribution in [0.3, 0.4) is 0 Å². The third kappa shape index (κ3) is 3.36. The van der Waals surface area contributed by atoms with Crippen LogP contribution in [0.15, 0.2) is 36.4 Å². The molecule has 0 saturated carbocycles. The molecule has 0 aromatic heterocycles. The van der Waals surface area contributed by atoms with Crippen LogP contribution in [0.4, 0.5) is 10.1 Å². The van der Waals surface area contributed by atoms with Crippen LogP contribution in [0.1, 0.15) is 11.1 Å². The number of rotatable bonds is 3. The van der Waals surface area contributed by atoms with E-state index in [1.165, 1.54) is 6.07 Å². The second-order valence-corrected chi connectivity index (χ2v) is 4.37. The lowest BCUT2D eigenvalue weighted by Gasteiger charge is -2.09. The zero-order chi connectivity index (χ0) is 13.8. The van der Waals surface area contributed by atoms with E-state index in [9.17, 15) is 4.39 Å². The highest BCUT2D eigenvalue weighted by Gasteiger charge is 2.04. The summed E-state index contributed by atoms with van der Waals surface area (Å²) in [5.41, 5.74) is 6.97. The second-order valence-electron chi connectivity index (χ2n) is 3.93. The minimum Gasteiger partial charge on any atom is -0.487 e. The first kappa shape index (κ1) is 13.2. The van der Waals surface area contributed by atoms with Crippen LogP contribution in [0.2, 0.25) is 5.02 Å². The summed E-state index contributed by atoms with van der Waals surface area (Å²) in [5.74, 6) is -0.0491. The molecule has 0 atom stereocenters. The van der Waals surface area contributed by atoms with Crippen molar-refractivity contribution in [3.63, 3.8) is 0 Å². The molecule has 0 aliphatic carbocycles. The molecular weight excluding hydrogens is 267 g/mol. The highest BCUT2D eigenvalue weighted by molar-refractivity contribution is 6.30. The normalized spacial score (nSPS) is 9.95. The Hall–Kier alpha value is -2.25. The number of benzene rings is 2. The topological polar surface area (TPSA) is 59.0 Å². The van der Waals surface area contributed by atoms with Crippen molar-refractivity contribution >= 4 is 17.3 Å². The van der Waals surface area contributed by atoms with Crippen LogP contribution in [0, 0.1) is 17.1 Å². The lowest BCUT2D eigenvalue weighted by molar-refractivity contribution is 0.307. The summed E-state index contributed by atoms with van der Waals surface area (Å²) in [6, 6.07) is 10.8. The van der Waals surface area contributed by atoms with Crippen LogP contribution < -0.4 is 10.5 Å². The number of nitriles is 1. The summed E-state index contributed by atoms with van der Waals surface area (Å²) in [5, 5.41) is 9.26. The summed E-state index contributed by atoms with van der Waals surface area (Å²) in [4.78, 5) is 0. The quantitative estimate of drug-likeness (QED) is 0.873. The van der Waals surface area contributed by atoms with E-state index in [0.717, 1.165) is 6.07 Å². The predicted octanol–water partition coefficient (Wildman–Crippen LogP) is 3.51. The number of hydrogen-bond donors (Lipinski definition) is 1. The highest BCUT2D eigenvalue weighted by Crippen LogP contribution is 2.26. The number of nitrogens with zero attached hydrogens (tertiary/aromatic N) is 1. The maximum atomic E-state index is 13.2. The van der Waals surface area contributed by atoms with Crippen molar-refractivity contribution in [2.24, 2.45) is 0 Å². The molecule has 0 unspecified atom stereocenters. The molecular formula is C14H10ClFN2O. The van der Waals surface area contributed by atoms with Crippen molar-refractivity contribution in [2.75, 3.05) is 5.73 Å². The van der Waals surface area contributed by atoms with Gasteiger partial charge < -0.3 is 10.5 Å². The van der Waals surface area contributed by atoms with Crippen LogP contribution in [-0.4, -0.2) is 0 Å². The Morgan fingerprint density at radius 2 is 2.05 bits per heavy atom. The van der Waals surface area contributed by atoms with E-state index in [-0.39, 0.29) is 12.2 Å². The lowest BCUT2D eigenvalue weighted by atomic mass is 10.1. The zero-order valence-corrected chi connectivity index (χ0v) is 10.6. The number of anilines is 1. The molecule has 0 spiro atoms. The molecule has 19 heavy (non-hydrogen) atoms. The smallest absolute Gasteiger partial charge is 0.144 e. The van der Waals surface area contributed by atoms with Crippen LogP contribution in [-0.2, 0) is 6.61 Å². The first-order valence-electron chi connectivity index (χ1n) is 5.46. The monoisotopic (exact) mass is 276 g/mol. The van der Waals surface area contributed by atoms with Crippen LogP contribution in [0.25, 0.3) is 0 Å². The summed E-state index contributed by atoms with van der Waals surface area (Å²) < 4.78 is 18.7. The first-order valence-corrected chi connectivity index (χ1v) is 5.83. The van der Waals surface area contributed by atoms with Gasteiger partial charge in [-0.05, 0) is 35.9 Å². The Balaban J connectivity index is 2.17. The maximum absolute atomic E-state index is 13.2. The van der Waals surface area contributed by atoms with Crippen molar-refractivity contribution in [1.82, 2.24) is 0 Å². The first-order chi connectivity index (χ1) is 9.08. The van der Waals surface area contributed by atoms with Gasteiger partial charge in [-0.3, -0.25) is 0 Å². The third-order valence-corrected chi connectivity index (χ3v) is 2.69. The Morgan fingerprint density at radius 3 is 2.79 bits per heavy atom. The molecule has 0 fully saturated rings. The molecule has 0 radical (unpaired) electrons. The van der Waals surface area contributed by atoms with E-state index in [1.54, 1.807) is 24.3 Å². The molecule has 0 saturated heterocycles. The molecule has 2 N–H and O–H groups in total. The molecule has 0 aliphatic rings. The molecule has 96 valence electrons. The molecule has 2 rings (SSSR count). The second kappa shape index (κ2) is 5.59. The molecule has 0 aliphatic heterocycles. The van der Waals surface area contributed by atoms with Crippen molar-refractivity contribution < 1.29 is 9.13 Å². The molecule has 5 heteroatoms. The van der Waals surface area contributed by atoms with Crippen molar-refractivity contribution in [3.05, 3.63) is 58.4 Å². The fourth-order valence-corrected chi connectivity index (χ4v) is 1.75. The molecule has 3 nitrogen and oxygen atoms in total. The Kier molecular flexibility index (Phi) is 3.88. The summed E-state index contributed by atoms with van der Waals surface area (Å²) in [6.07, 6.45) is 0. The molecule has 0 heterocycles. The Morgan fingerprint density at radius 1 is 1.26 bits per heavy atom. The molecule has 0 bridgehead atoms. The van der Waals surface area contributed by atoms with Gasteiger partial charge in [0.05, 0.1) is 17.3 Å². The van der Waals surface area contributed by atoms with Gasteiger partial charge in [-0.2, -0.15) is 5.26 Å². The SMILES string of the molecule is N#Cc1cc(F)cc(COc2cc(Cl)ccc2N)c1. The minimum atomic E-state index is -0.475. The van der Waals surface area contributed by atoms with E-state index in [1.807, 2.05) is 6.07 Å². The van der Waals surface area contributed by atoms with Gasteiger partial charge in [0.15, 0.2) is 0 Å². The van der Waals surface area contributed by atoms with E-state index >= 15 is 0 Å². The average molecular weight is 277 g/mol. The number of nitrogens with two attached hydrogens (primary N) is 1. The van der Waals surface area contributed by atoms with Gasteiger partial charge in [0.25, 0.3) is 0 Å². The Bertz CT molecular complexity index is 652. The molecule has 0 amide bonds. The van der Waals surface area contributed by atoms with Gasteiger partial charge in [-0.1, -0.05) is 11.6 Å². The highest BCUT2D eigenvalue weighted by atomic mass is 35.5. The van der Waals surface area contributed by atoms with Gasteiger partial charge in [0.1, 0.15) is 18.2 Å². The van der Waals surface area contributed by atoms with Crippen molar-refractivity contribution in [2.45, 2.75) is 6.61 Å². The van der Waals surface area contributed by atoms with E-state index < -0.39 is 5.82 Å². The van der Waals surface area contributed by atoms with Gasteiger partial charge in [-0.25, -0.2) is 4.39 Å². The molecule has 2 aromatic carbocycles. The number of nitrogen functional groups attached to an aromatic ring is 1. The van der Waals surface area contributed by atoms with Gasteiger partial charge >= 0.3 is 0 Å². The number of halogens is 2. The summed E-state index contributed by atoms with van der Waals surface area (Å²) in [6.45, 7) is 0.108. The third-order valence-electron chi connectivity index (χ3n) is 2.46. The number of ether oxygens (including phenoxy) is 1. The predicted molar refractivity (Wildman–Crippen MR) is 71.3 cm³/mol. The van der Waals surface area contributed by atoms with E-state index in [0.29, 0.717) is 22.0 Å². The summed E-state index contributed by atoms with van der Waals surface area (Å²) in [7, 11) is 0. The minimum absolute atomic E-state index is 0.108. The maximum Gasteiger partial charge on any atom is 0.144 e. The lowest BCUT2D eigenvalue weighted by Crippen LogP contribution is -1.99. The van der Waals surface area contributed by atoms with Gasteiger partial charge in [0.2, 0.25) is 0 Å². The van der Waals surface area contributed by atoms with Crippen molar-refractivity contribution in [1.29, 1.82) is 5.26 Å². The van der Waals surface area contributed by atoms with E-state index in [4.69, 9.17) is 27.3 Å². The molecule has 2 aromatic rings. The zero-order valence-electron chi connectivity index (χ0n) is 9.86. The van der Waals surface area contributed by atoms with E-state index in [2.05, 4.69) is 0 Å².